The number of halogens is 1. The van der Waals surface area contributed by atoms with Crippen LogP contribution in [0.25, 0.3) is 0 Å². The first-order chi connectivity index (χ1) is 8.24. The van der Waals surface area contributed by atoms with Gasteiger partial charge in [0.2, 0.25) is 0 Å². The molecule has 0 unspecified atom stereocenters. The van der Waals surface area contributed by atoms with Gasteiger partial charge >= 0.3 is 0 Å². The average Bonchev–Trinajstić information content (AvgIpc) is 2.77. The summed E-state index contributed by atoms with van der Waals surface area (Å²) in [5.41, 5.74) is 7.59. The lowest BCUT2D eigenvalue weighted by Crippen LogP contribution is -2.10. The molecule has 0 atom stereocenters. The fourth-order valence-electron chi connectivity index (χ4n) is 1.71. The second-order valence-electron chi connectivity index (χ2n) is 3.64. The van der Waals surface area contributed by atoms with Gasteiger partial charge in [-0.3, -0.25) is 4.68 Å². The van der Waals surface area contributed by atoms with E-state index in [4.69, 9.17) is 22.1 Å². The van der Waals surface area contributed by atoms with E-state index in [-0.39, 0.29) is 0 Å². The number of nitrogens with two attached hydrogens (primary N) is 1. The van der Waals surface area contributed by atoms with E-state index in [0.717, 1.165) is 17.0 Å². The predicted molar refractivity (Wildman–Crippen MR) is 67.2 cm³/mol. The molecule has 0 aliphatic rings. The Kier molecular flexibility index (Phi) is 3.66. The normalized spacial score (nSPS) is 10.5. The third kappa shape index (κ3) is 2.60. The molecule has 90 valence electrons. The highest BCUT2D eigenvalue weighted by Gasteiger charge is 2.07. The van der Waals surface area contributed by atoms with Crippen molar-refractivity contribution < 1.29 is 4.74 Å². The van der Waals surface area contributed by atoms with Crippen molar-refractivity contribution in [3.8, 4) is 5.75 Å². The average molecular weight is 252 g/mol. The third-order valence-electron chi connectivity index (χ3n) is 2.58. The van der Waals surface area contributed by atoms with E-state index in [1.165, 1.54) is 0 Å². The highest BCUT2D eigenvalue weighted by Crippen LogP contribution is 2.23. The predicted octanol–water partition coefficient (Wildman–Crippen LogP) is 2.05. The fourth-order valence-corrected chi connectivity index (χ4v) is 1.90. The summed E-state index contributed by atoms with van der Waals surface area (Å²) in [5, 5.41) is 4.91. The standard InChI is InChI=1S/C12H14ClN3O/c1-17-12-3-2-10(13)6-9(12)8-16-11(7-14)4-5-15-16/h2-6H,7-8,14H2,1H3. The Labute approximate surface area is 105 Å². The van der Waals surface area contributed by atoms with Crippen molar-refractivity contribution in [2.45, 2.75) is 13.1 Å². The summed E-state index contributed by atoms with van der Waals surface area (Å²) in [6, 6.07) is 7.43. The zero-order chi connectivity index (χ0) is 12.3. The lowest BCUT2D eigenvalue weighted by Gasteiger charge is -2.10. The van der Waals surface area contributed by atoms with Gasteiger partial charge in [0.15, 0.2) is 0 Å². The van der Waals surface area contributed by atoms with Crippen LogP contribution in [0.15, 0.2) is 30.5 Å². The molecule has 0 radical (unpaired) electrons. The van der Waals surface area contributed by atoms with Crippen molar-refractivity contribution in [3.05, 3.63) is 46.7 Å². The highest BCUT2D eigenvalue weighted by molar-refractivity contribution is 6.30. The van der Waals surface area contributed by atoms with Crippen LogP contribution in [-0.2, 0) is 13.1 Å². The molecule has 0 spiro atoms. The minimum atomic E-state index is 0.461. The molecule has 0 fully saturated rings. The number of ether oxygens (including phenoxy) is 1. The van der Waals surface area contributed by atoms with Gasteiger partial charge in [-0.2, -0.15) is 5.10 Å². The van der Waals surface area contributed by atoms with Crippen molar-refractivity contribution in [1.82, 2.24) is 9.78 Å². The van der Waals surface area contributed by atoms with E-state index < -0.39 is 0 Å². The quantitative estimate of drug-likeness (QED) is 0.905. The Balaban J connectivity index is 2.32. The molecule has 5 heteroatoms. The summed E-state index contributed by atoms with van der Waals surface area (Å²) in [4.78, 5) is 0. The first kappa shape index (κ1) is 12.0. The summed E-state index contributed by atoms with van der Waals surface area (Å²) < 4.78 is 7.13. The molecule has 0 aliphatic carbocycles. The van der Waals surface area contributed by atoms with E-state index in [0.29, 0.717) is 18.1 Å². The molecular weight excluding hydrogens is 238 g/mol. The van der Waals surface area contributed by atoms with Gasteiger partial charge < -0.3 is 10.5 Å². The van der Waals surface area contributed by atoms with Gasteiger partial charge in [-0.1, -0.05) is 11.6 Å². The lowest BCUT2D eigenvalue weighted by atomic mass is 10.2. The summed E-state index contributed by atoms with van der Waals surface area (Å²) in [6.07, 6.45) is 1.74. The summed E-state index contributed by atoms with van der Waals surface area (Å²) in [5.74, 6) is 0.799. The van der Waals surface area contributed by atoms with Crippen LogP contribution >= 0.6 is 11.6 Å². The summed E-state index contributed by atoms with van der Waals surface area (Å²) in [7, 11) is 1.64. The second-order valence-corrected chi connectivity index (χ2v) is 4.08. The molecule has 0 saturated heterocycles. The van der Waals surface area contributed by atoms with E-state index in [2.05, 4.69) is 5.10 Å². The van der Waals surface area contributed by atoms with Crippen LogP contribution in [-0.4, -0.2) is 16.9 Å². The molecule has 4 nitrogen and oxygen atoms in total. The van der Waals surface area contributed by atoms with Gasteiger partial charge in [-0.15, -0.1) is 0 Å². The fraction of sp³-hybridized carbons (Fsp3) is 0.250. The van der Waals surface area contributed by atoms with Crippen LogP contribution in [0.4, 0.5) is 0 Å². The maximum atomic E-state index is 5.98. The Morgan fingerprint density at radius 1 is 1.41 bits per heavy atom. The summed E-state index contributed by atoms with van der Waals surface area (Å²) in [6.45, 7) is 1.06. The minimum Gasteiger partial charge on any atom is -0.496 e. The molecule has 2 aromatic rings. The van der Waals surface area contributed by atoms with Crippen LogP contribution in [0.5, 0.6) is 5.75 Å². The zero-order valence-corrected chi connectivity index (χ0v) is 10.3. The molecular formula is C12H14ClN3O. The number of aromatic nitrogens is 2. The van der Waals surface area contributed by atoms with Crippen LogP contribution in [0.1, 0.15) is 11.3 Å². The molecule has 0 saturated carbocycles. The molecule has 0 amide bonds. The van der Waals surface area contributed by atoms with Gasteiger partial charge in [-0.25, -0.2) is 0 Å². The van der Waals surface area contributed by atoms with Gasteiger partial charge in [-0.05, 0) is 24.3 Å². The van der Waals surface area contributed by atoms with E-state index in [1.54, 1.807) is 19.4 Å². The van der Waals surface area contributed by atoms with Crippen molar-refractivity contribution >= 4 is 11.6 Å². The van der Waals surface area contributed by atoms with Gasteiger partial charge in [0.05, 0.1) is 19.3 Å². The van der Waals surface area contributed by atoms with E-state index in [1.807, 2.05) is 22.9 Å². The first-order valence-electron chi connectivity index (χ1n) is 5.27. The maximum Gasteiger partial charge on any atom is 0.124 e. The Morgan fingerprint density at radius 3 is 2.94 bits per heavy atom. The Hall–Kier alpha value is -1.52. The molecule has 17 heavy (non-hydrogen) atoms. The maximum absolute atomic E-state index is 5.98. The molecule has 1 aromatic carbocycles. The van der Waals surface area contributed by atoms with Crippen LogP contribution < -0.4 is 10.5 Å². The monoisotopic (exact) mass is 251 g/mol. The van der Waals surface area contributed by atoms with E-state index in [9.17, 15) is 0 Å². The SMILES string of the molecule is COc1ccc(Cl)cc1Cn1nccc1CN. The van der Waals surface area contributed by atoms with Gasteiger partial charge in [0.25, 0.3) is 0 Å². The molecule has 1 aromatic heterocycles. The van der Waals surface area contributed by atoms with Crippen molar-refractivity contribution in [2.24, 2.45) is 5.73 Å². The molecule has 2 N–H and O–H groups in total. The molecule has 1 heterocycles. The number of hydrogen-bond donors (Lipinski definition) is 1. The van der Waals surface area contributed by atoms with E-state index >= 15 is 0 Å². The second kappa shape index (κ2) is 5.21. The topological polar surface area (TPSA) is 53.1 Å². The molecule has 0 aliphatic heterocycles. The number of hydrogen-bond acceptors (Lipinski definition) is 3. The van der Waals surface area contributed by atoms with Crippen molar-refractivity contribution in [2.75, 3.05) is 7.11 Å². The lowest BCUT2D eigenvalue weighted by molar-refractivity contribution is 0.407. The van der Waals surface area contributed by atoms with Crippen molar-refractivity contribution in [3.63, 3.8) is 0 Å². The molecule has 2 rings (SSSR count). The zero-order valence-electron chi connectivity index (χ0n) is 9.56. The Bertz CT molecular complexity index is 510. The third-order valence-corrected chi connectivity index (χ3v) is 2.81. The number of methoxy groups -OCH3 is 1. The van der Waals surface area contributed by atoms with Crippen LogP contribution in [0, 0.1) is 0 Å². The van der Waals surface area contributed by atoms with Crippen molar-refractivity contribution in [1.29, 1.82) is 0 Å². The number of nitrogens with zero attached hydrogens (tertiary/aromatic N) is 2. The van der Waals surface area contributed by atoms with Gasteiger partial charge in [0, 0.05) is 23.3 Å². The smallest absolute Gasteiger partial charge is 0.124 e. The van der Waals surface area contributed by atoms with Gasteiger partial charge in [0.1, 0.15) is 5.75 Å². The largest absolute Gasteiger partial charge is 0.496 e. The number of benzene rings is 1. The highest BCUT2D eigenvalue weighted by atomic mass is 35.5. The molecule has 0 bridgehead atoms. The first-order valence-corrected chi connectivity index (χ1v) is 5.65. The number of rotatable bonds is 4. The van der Waals surface area contributed by atoms with Crippen LogP contribution in [0.2, 0.25) is 5.02 Å². The summed E-state index contributed by atoms with van der Waals surface area (Å²) >= 11 is 5.98. The minimum absolute atomic E-state index is 0.461. The Morgan fingerprint density at radius 2 is 2.24 bits per heavy atom. The van der Waals surface area contributed by atoms with Crippen LogP contribution in [0.3, 0.4) is 0 Å².